The van der Waals surface area contributed by atoms with Gasteiger partial charge in [-0.05, 0) is 60.7 Å². The molecule has 0 aliphatic carbocycles. The number of para-hydroxylation sites is 1. The number of ether oxygens (including phenoxy) is 2. The Balaban J connectivity index is 1.50. The average Bonchev–Trinajstić information content (AvgIpc) is 3.57. The molecule has 1 N–H and O–H groups in total. The van der Waals surface area contributed by atoms with Crippen LogP contribution in [0.3, 0.4) is 0 Å². The molecular weight excluding hydrogens is 420 g/mol. The van der Waals surface area contributed by atoms with E-state index >= 15 is 0 Å². The Bertz CT molecular complexity index is 1280. The minimum absolute atomic E-state index is 0.118. The quantitative estimate of drug-likeness (QED) is 0.461. The first kappa shape index (κ1) is 18.9. The zero-order chi connectivity index (χ0) is 21.5. The van der Waals surface area contributed by atoms with Gasteiger partial charge in [0.2, 0.25) is 6.79 Å². The van der Waals surface area contributed by atoms with Crippen LogP contribution in [0.2, 0.25) is 0 Å². The van der Waals surface area contributed by atoms with Gasteiger partial charge in [0.1, 0.15) is 6.04 Å². The van der Waals surface area contributed by atoms with Crippen molar-refractivity contribution in [1.82, 2.24) is 14.9 Å². The second-order valence-corrected chi connectivity index (χ2v) is 8.06. The molecule has 4 aromatic rings. The summed E-state index contributed by atoms with van der Waals surface area (Å²) >= 11 is 5.84. The number of hydrogen-bond donors (Lipinski definition) is 1. The molecule has 0 amide bonds. The summed E-state index contributed by atoms with van der Waals surface area (Å²) in [6, 6.07) is 26.2. The summed E-state index contributed by atoms with van der Waals surface area (Å²) in [6.07, 6.45) is 3.90. The van der Waals surface area contributed by atoms with E-state index in [0.29, 0.717) is 5.11 Å². The van der Waals surface area contributed by atoms with Crippen LogP contribution >= 0.6 is 12.2 Å². The zero-order valence-electron chi connectivity index (χ0n) is 17.1. The molecule has 0 spiro atoms. The summed E-state index contributed by atoms with van der Waals surface area (Å²) in [4.78, 5) is 6.79. The van der Waals surface area contributed by atoms with Crippen molar-refractivity contribution in [3.05, 3.63) is 103 Å². The van der Waals surface area contributed by atoms with Crippen LogP contribution in [-0.2, 0) is 0 Å². The zero-order valence-corrected chi connectivity index (χ0v) is 17.9. The smallest absolute Gasteiger partial charge is 0.231 e. The maximum atomic E-state index is 5.84. The highest BCUT2D eigenvalue weighted by atomic mass is 32.1. The molecule has 1 saturated heterocycles. The van der Waals surface area contributed by atoms with Crippen LogP contribution in [-0.4, -0.2) is 21.5 Å². The molecule has 4 heterocycles. The van der Waals surface area contributed by atoms with Crippen molar-refractivity contribution in [2.45, 2.75) is 12.1 Å². The molecule has 2 aromatic carbocycles. The third-order valence-corrected chi connectivity index (χ3v) is 6.16. The van der Waals surface area contributed by atoms with E-state index < -0.39 is 0 Å². The monoisotopic (exact) mass is 440 g/mol. The van der Waals surface area contributed by atoms with Crippen molar-refractivity contribution in [1.29, 1.82) is 0 Å². The minimum atomic E-state index is -0.119. The molecule has 2 atom stereocenters. The first-order valence-electron chi connectivity index (χ1n) is 10.4. The Labute approximate surface area is 191 Å². The molecule has 2 aliphatic rings. The summed E-state index contributed by atoms with van der Waals surface area (Å²) in [7, 11) is 0. The number of aromatic nitrogens is 2. The molecule has 32 heavy (non-hydrogen) atoms. The fourth-order valence-electron chi connectivity index (χ4n) is 4.43. The highest BCUT2D eigenvalue weighted by molar-refractivity contribution is 7.80. The molecule has 2 aromatic heterocycles. The number of rotatable bonds is 4. The Hall–Kier alpha value is -3.84. The van der Waals surface area contributed by atoms with Crippen LogP contribution in [0, 0.1) is 0 Å². The van der Waals surface area contributed by atoms with Crippen LogP contribution in [0.1, 0.15) is 23.5 Å². The van der Waals surface area contributed by atoms with Gasteiger partial charge in [-0.3, -0.25) is 4.98 Å². The number of anilines is 1. The topological polar surface area (TPSA) is 51.6 Å². The number of nitrogens with zero attached hydrogens (tertiary/aromatic N) is 3. The van der Waals surface area contributed by atoms with Gasteiger partial charge in [0, 0.05) is 35.5 Å². The van der Waals surface area contributed by atoms with E-state index in [1.807, 2.05) is 60.8 Å². The Morgan fingerprint density at radius 2 is 1.72 bits per heavy atom. The molecule has 6 nitrogen and oxygen atoms in total. The summed E-state index contributed by atoms with van der Waals surface area (Å²) in [6.45, 7) is 0.234. The number of nitrogens with one attached hydrogen (secondary N) is 1. The SMILES string of the molecule is S=C1NC(c2ccccn2)C(c2cccn2-c2ccccc2)N1c1ccc2c(c1)OCO2. The lowest BCUT2D eigenvalue weighted by atomic mass is 10.0. The Morgan fingerprint density at radius 1 is 0.875 bits per heavy atom. The molecule has 158 valence electrons. The van der Waals surface area contributed by atoms with Crippen molar-refractivity contribution in [3.8, 4) is 17.2 Å². The molecule has 0 radical (unpaired) electrons. The number of hydrogen-bond acceptors (Lipinski definition) is 4. The van der Waals surface area contributed by atoms with E-state index in [1.165, 1.54) is 0 Å². The lowest BCUT2D eigenvalue weighted by Crippen LogP contribution is -2.30. The standard InChI is InChI=1S/C25H20N4O2S/c32-25-27-23(19-9-4-5-13-26-19)24(20-10-6-14-28(20)17-7-2-1-3-8-17)29(25)18-11-12-21-22(15-18)31-16-30-21/h1-15,23-24H,16H2,(H,27,32). The van der Waals surface area contributed by atoms with Crippen molar-refractivity contribution in [2.24, 2.45) is 0 Å². The first-order valence-corrected chi connectivity index (χ1v) is 10.8. The van der Waals surface area contributed by atoms with Gasteiger partial charge in [0.15, 0.2) is 16.6 Å². The van der Waals surface area contributed by atoms with Gasteiger partial charge < -0.3 is 24.3 Å². The van der Waals surface area contributed by atoms with Crippen LogP contribution in [0.15, 0.2) is 91.3 Å². The highest BCUT2D eigenvalue weighted by Crippen LogP contribution is 2.44. The number of pyridine rings is 1. The molecule has 1 fully saturated rings. The Kier molecular flexibility index (Phi) is 4.54. The molecule has 0 saturated carbocycles. The van der Waals surface area contributed by atoms with E-state index in [-0.39, 0.29) is 18.9 Å². The predicted molar refractivity (Wildman–Crippen MR) is 126 cm³/mol. The maximum absolute atomic E-state index is 5.84. The van der Waals surface area contributed by atoms with Crippen LogP contribution in [0.5, 0.6) is 11.5 Å². The first-order chi connectivity index (χ1) is 15.8. The second-order valence-electron chi connectivity index (χ2n) is 7.67. The second kappa shape index (κ2) is 7.69. The lowest BCUT2D eigenvalue weighted by Gasteiger charge is -2.29. The molecule has 6 rings (SSSR count). The van der Waals surface area contributed by atoms with E-state index in [1.54, 1.807) is 0 Å². The fraction of sp³-hybridized carbons (Fsp3) is 0.120. The van der Waals surface area contributed by atoms with Crippen molar-refractivity contribution in [2.75, 3.05) is 11.7 Å². The predicted octanol–water partition coefficient (Wildman–Crippen LogP) is 4.78. The van der Waals surface area contributed by atoms with Crippen LogP contribution in [0.25, 0.3) is 5.69 Å². The molecule has 2 aliphatic heterocycles. The average molecular weight is 441 g/mol. The third-order valence-electron chi connectivity index (χ3n) is 5.85. The maximum Gasteiger partial charge on any atom is 0.231 e. The van der Waals surface area contributed by atoms with Crippen molar-refractivity contribution in [3.63, 3.8) is 0 Å². The summed E-state index contributed by atoms with van der Waals surface area (Å²) in [5.41, 5.74) is 4.08. The molecule has 0 bridgehead atoms. The third kappa shape index (κ3) is 3.09. The van der Waals surface area contributed by atoms with Gasteiger partial charge in [-0.25, -0.2) is 0 Å². The largest absolute Gasteiger partial charge is 0.454 e. The van der Waals surface area contributed by atoms with E-state index in [9.17, 15) is 0 Å². The molecule has 7 heteroatoms. The normalized spacial score (nSPS) is 19.2. The summed E-state index contributed by atoms with van der Waals surface area (Å²) in [5, 5.41) is 4.16. The van der Waals surface area contributed by atoms with Crippen LogP contribution in [0.4, 0.5) is 5.69 Å². The van der Waals surface area contributed by atoms with Gasteiger partial charge >= 0.3 is 0 Å². The van der Waals surface area contributed by atoms with Gasteiger partial charge in [-0.1, -0.05) is 24.3 Å². The van der Waals surface area contributed by atoms with Crippen molar-refractivity contribution < 1.29 is 9.47 Å². The fourth-order valence-corrected chi connectivity index (χ4v) is 4.77. The van der Waals surface area contributed by atoms with E-state index in [0.717, 1.165) is 34.3 Å². The van der Waals surface area contributed by atoms with Gasteiger partial charge in [-0.2, -0.15) is 0 Å². The van der Waals surface area contributed by atoms with Crippen molar-refractivity contribution >= 4 is 23.0 Å². The lowest BCUT2D eigenvalue weighted by molar-refractivity contribution is 0.174. The van der Waals surface area contributed by atoms with Gasteiger partial charge in [0.05, 0.1) is 11.7 Å². The van der Waals surface area contributed by atoms with Gasteiger partial charge in [-0.15, -0.1) is 0 Å². The minimum Gasteiger partial charge on any atom is -0.454 e. The van der Waals surface area contributed by atoms with Crippen LogP contribution < -0.4 is 19.7 Å². The summed E-state index contributed by atoms with van der Waals surface area (Å²) in [5.74, 6) is 1.47. The van der Waals surface area contributed by atoms with Gasteiger partial charge in [0.25, 0.3) is 0 Å². The number of thiocarbonyl (C=S) groups is 1. The number of fused-ring (bicyclic) bond motifs is 1. The van der Waals surface area contributed by atoms with E-state index in [4.69, 9.17) is 21.7 Å². The van der Waals surface area contributed by atoms with E-state index in [2.05, 4.69) is 50.2 Å². The summed E-state index contributed by atoms with van der Waals surface area (Å²) < 4.78 is 13.3. The Morgan fingerprint density at radius 3 is 2.56 bits per heavy atom. The molecular formula is C25H20N4O2S. The molecule has 2 unspecified atom stereocenters. The number of benzene rings is 2. The highest BCUT2D eigenvalue weighted by Gasteiger charge is 2.42.